The molecular formula is C15H355FN2O8S2. The smallest absolute Gasteiger partial charge is 0.380 e. The van der Waals surface area contributed by atoms with Crippen LogP contribution >= 0.6 is 0 Å². The zero-order chi connectivity index (χ0) is 19.8. The van der Waals surface area contributed by atoms with Crippen LogP contribution in [0.1, 0.15) is 244 Å². The van der Waals surface area contributed by atoms with Crippen molar-refractivity contribution in [3.05, 3.63) is 58.8 Å². The Kier molecular flexibility index (Phi) is 5.75. The number of hydrogen-bond acceptors (Lipinski definition) is 8. The molecule has 0 fully saturated rings. The van der Waals surface area contributed by atoms with Crippen LogP contribution in [0.15, 0.2) is 57.7 Å². The maximum absolute atomic E-state index is 12.3. The highest BCUT2D eigenvalue weighted by atomic mass is 32.2. The van der Waals surface area contributed by atoms with E-state index < -0.39 is 26.0 Å². The SMILES string of the molecule is F.NS(=O)(=O)Oc1ccc(-c2cc(=O)c3cc(OS(N)(=O)=O)ccc3o2)cc1.[HH].[HH].[HH].[HH].[HH].[HH].[HH].[HH].[HH].[HH].[HH].[HH].[HH].[HH].[HH].[HH].[HH].[HH].[HH].[HH].[HH].[HH].[HH].[HH].[HH].[HH].[HH].[HH].[HH].[HH].[HH].[HH].[HH].[HH].[HH].[HH].[HH].[HH].[HH].[HH].[HH].[HH].[HH].[HH].[HH].[HH].[HH].[HH].[HH].[HH].[HH].[HH].[HH].[HH].[HH].[HH].[HH].[HH].[HH].[HH].[HH].[HH].[HH].[HH].[HH].[HH].[HH].[HH].[HH].[HH].[HH].[HH].[HH].[HH].[HH].[HH].[HH].[HH].[HH].[HH].[HH].[HH].[HH].[HH].[HH].[HH].[HH].[HH].[HH].[HH].[HH].[HH].[HH].[HH].[HH].[HH].[HH].[HH].[HH].[HH].[HH].[HH].[HH].[HH].[HH].[HH].[HH].[HH].[HH].[HH].[HH].[HH].[HH].[HH].[HH].[HH].[HH].[HH].[HH].[HH].[HH].[HH].[HH].[HH].[HH].[HH].[HH].[HH].[HH].[HH].[HH].[HH].[HH].[HH].[HH].[HH].[HH].[HH].[HH].[HH].[HH].[HH].[HH].[HH].[HH].[HH].[HH].[HH].[HH].[HH].[HH].[HH].[HH].[HH].[HH].[HH].[HH].[HH].[HH].[HH].[HH].[HH].[HH].[HH].[HH].[HH].[HH].[HH].[HH].[HH].[HH]. The van der Waals surface area contributed by atoms with Gasteiger partial charge in [-0.05, 0) is 42.5 Å². The number of rotatable bonds is 5. The third-order valence-corrected chi connectivity index (χ3v) is 4.11. The van der Waals surface area contributed by atoms with E-state index in [0.29, 0.717) is 5.56 Å². The lowest BCUT2D eigenvalue weighted by Gasteiger charge is -2.07. The highest BCUT2D eigenvalue weighted by Crippen LogP contribution is 2.26. The summed E-state index contributed by atoms with van der Waals surface area (Å²) in [5.74, 6) is 0.0680. The molecule has 492 valence electrons. The average Bonchev–Trinajstić information content (AvgIpc) is 2.53. The standard InChI is InChI=1S/C15H12N2O8S2.FH.171H2/c16-26(19,20)24-10-3-1-9(2-4-10)15-8-13(18)12-7-11(25-27(17,21)22)5-6-14(12)23-15;;;;;;;;;;;;;;;;;;;;;;;;;;;;;;;;;;;;;;;;;;;;;;;;;;;;;;;;;;;;;;;;;;;;;;;;;;;;;;;;;;;;;;;;;;;;;;;;;;;;;;;;;;;;;;;;;;;;;;;;;;;;;;;;;;;;;;;;;;;;;;;;;;;;;;;;;;;;;;;;;;;;;;;;;;;;/h1-8H,(H2,16,19,20)(H2,17,21,22);172*1H. The molecule has 0 spiro atoms. The molecule has 28 heavy (non-hydrogen) atoms. The van der Waals surface area contributed by atoms with Crippen molar-refractivity contribution in [2.45, 2.75) is 0 Å². The molecule has 1 heterocycles. The fourth-order valence-corrected chi connectivity index (χ4v) is 3.02. The molecular weight excluding hydrogens is 419 g/mol. The van der Waals surface area contributed by atoms with E-state index in [2.05, 4.69) is 8.37 Å². The molecule has 0 aliphatic heterocycles. The molecule has 1 aromatic heterocycles. The molecule has 4 N–H and O–H groups in total. The predicted molar refractivity (Wildman–Crippen MR) is 459 cm³/mol. The van der Waals surface area contributed by atoms with Gasteiger partial charge in [-0.15, -0.1) is 0 Å². The lowest BCUT2D eigenvalue weighted by atomic mass is 10.1. The Morgan fingerprint density at radius 3 is 1.93 bits per heavy atom. The first-order valence-electron chi connectivity index (χ1n) is 7.13. The minimum Gasteiger partial charge on any atom is -0.456 e. The van der Waals surface area contributed by atoms with Gasteiger partial charge in [-0.1, -0.05) is 0 Å². The van der Waals surface area contributed by atoms with Crippen LogP contribution in [0.4, 0.5) is 4.70 Å². The molecule has 13 heteroatoms. The Bertz CT molecular complexity index is 1400. The summed E-state index contributed by atoms with van der Waals surface area (Å²) in [5.41, 5.74) is 0.209. The second-order valence-electron chi connectivity index (χ2n) is 5.31. The van der Waals surface area contributed by atoms with Crippen molar-refractivity contribution in [3.8, 4) is 22.8 Å². The van der Waals surface area contributed by atoms with Gasteiger partial charge in [0.05, 0.1) is 5.39 Å². The van der Waals surface area contributed by atoms with E-state index in [4.69, 9.17) is 14.7 Å². The molecule has 0 radical (unpaired) electrons. The van der Waals surface area contributed by atoms with Gasteiger partial charge >= 0.3 is 20.6 Å². The molecule has 0 bridgehead atoms. The average molecular weight is 777 g/mol. The van der Waals surface area contributed by atoms with Crippen molar-refractivity contribution in [1.29, 1.82) is 0 Å². The lowest BCUT2D eigenvalue weighted by molar-refractivity contribution is 0.485. The largest absolute Gasteiger partial charge is 0.456 e. The monoisotopic (exact) mass is 777 g/mol. The maximum atomic E-state index is 12.3. The van der Waals surface area contributed by atoms with E-state index in [1.807, 2.05) is 0 Å². The van der Waals surface area contributed by atoms with Gasteiger partial charge in [0.1, 0.15) is 22.8 Å². The number of benzene rings is 2. The number of halogens is 1. The van der Waals surface area contributed by atoms with Gasteiger partial charge in [0, 0.05) is 256 Å². The molecule has 0 amide bonds. The molecule has 0 saturated carbocycles. The zero-order valence-electron chi connectivity index (χ0n) is 13.8. The minimum atomic E-state index is -4.22. The molecule has 0 atom stereocenters. The summed E-state index contributed by atoms with van der Waals surface area (Å²) >= 11 is 0. The molecule has 0 aliphatic carbocycles. The van der Waals surface area contributed by atoms with E-state index >= 15 is 0 Å². The second-order valence-corrected chi connectivity index (χ2v) is 7.61. The molecule has 0 unspecified atom stereocenters. The number of hydrogen-bond donors (Lipinski definition) is 2. The van der Waals surface area contributed by atoms with E-state index in [1.165, 1.54) is 48.5 Å². The van der Waals surface area contributed by atoms with E-state index in [-0.39, 0.29) is 277 Å². The summed E-state index contributed by atoms with van der Waals surface area (Å²) in [6.07, 6.45) is 0. The summed E-state index contributed by atoms with van der Waals surface area (Å²) in [5, 5.41) is 9.67. The summed E-state index contributed by atoms with van der Waals surface area (Å²) in [6, 6.07) is 10.7. The fraction of sp³-hybridized carbons (Fsp3) is 0. The first-order chi connectivity index (χ1) is 12.5. The number of nitrogens with two attached hydrogens (primary N) is 2. The fourth-order valence-electron chi connectivity index (χ4n) is 2.27. The Balaban J connectivity index is -0.000000000291. The Morgan fingerprint density at radius 1 is 0.821 bits per heavy atom. The molecule has 3 rings (SSSR count). The highest BCUT2D eigenvalue weighted by Gasteiger charge is 2.12. The van der Waals surface area contributed by atoms with Gasteiger partial charge in [-0.3, -0.25) is 9.50 Å². The van der Waals surface area contributed by atoms with Crippen LogP contribution in [0.25, 0.3) is 22.3 Å². The molecule has 0 aliphatic rings. The lowest BCUT2D eigenvalue weighted by Crippen LogP contribution is -2.19. The predicted octanol–water partition coefficient (Wildman–Crippen LogP) is 42.8. The molecule has 0 saturated heterocycles. The Hall–Kier alpha value is -3.00. The van der Waals surface area contributed by atoms with Crippen LogP contribution in [0.5, 0.6) is 11.5 Å². The van der Waals surface area contributed by atoms with Crippen LogP contribution in [0, 0.1) is 0 Å². The van der Waals surface area contributed by atoms with E-state index in [1.54, 1.807) is 0 Å². The van der Waals surface area contributed by atoms with E-state index in [9.17, 15) is 21.6 Å². The third-order valence-electron chi connectivity index (χ3n) is 3.26. The van der Waals surface area contributed by atoms with Crippen molar-refractivity contribution in [3.63, 3.8) is 0 Å². The third kappa shape index (κ3) is 5.26. The minimum absolute atomic E-state index is 0. The summed E-state index contributed by atoms with van der Waals surface area (Å²) in [4.78, 5) is 12.3. The van der Waals surface area contributed by atoms with Crippen molar-refractivity contribution in [1.82, 2.24) is 0 Å². The van der Waals surface area contributed by atoms with Crippen LogP contribution in [-0.2, 0) is 20.6 Å². The Labute approximate surface area is 412 Å². The number of fused-ring (bicyclic) bond motifs is 1. The zero-order valence-corrected chi connectivity index (χ0v) is 15.4. The summed E-state index contributed by atoms with van der Waals surface area (Å²) in [7, 11) is -8.37. The summed E-state index contributed by atoms with van der Waals surface area (Å²) < 4.78 is 58.4. The maximum Gasteiger partial charge on any atom is 0.380 e. The molecule has 10 nitrogen and oxygen atoms in total. The quantitative estimate of drug-likeness (QED) is 0.258. The van der Waals surface area contributed by atoms with Gasteiger partial charge in [0.25, 0.3) is 0 Å². The first-order valence-corrected chi connectivity index (χ1v) is 10.1. The van der Waals surface area contributed by atoms with Gasteiger partial charge in [0.15, 0.2) is 5.43 Å². The van der Waals surface area contributed by atoms with Crippen LogP contribution in [-0.4, -0.2) is 16.8 Å². The normalized spacial score (nSPS) is 11.6. The van der Waals surface area contributed by atoms with E-state index in [0.717, 1.165) is 0 Å². The van der Waals surface area contributed by atoms with Crippen LogP contribution < -0.4 is 24.1 Å². The molecule has 3 aromatic rings. The van der Waals surface area contributed by atoms with Gasteiger partial charge in [-0.2, -0.15) is 27.1 Å². The van der Waals surface area contributed by atoms with Gasteiger partial charge in [0.2, 0.25) is 0 Å². The van der Waals surface area contributed by atoms with Crippen molar-refractivity contribution < 1.29 is 278 Å². The van der Waals surface area contributed by atoms with Crippen molar-refractivity contribution in [2.75, 3.05) is 0 Å². The Morgan fingerprint density at radius 2 is 1.36 bits per heavy atom. The summed E-state index contributed by atoms with van der Waals surface area (Å²) in [6.45, 7) is 0. The van der Waals surface area contributed by atoms with Gasteiger partial charge in [-0.25, -0.2) is 0 Å². The van der Waals surface area contributed by atoms with Crippen LogP contribution in [0.3, 0.4) is 0 Å². The second kappa shape index (κ2) is 7.55. The van der Waals surface area contributed by atoms with Crippen LogP contribution in [0.2, 0.25) is 0 Å². The highest BCUT2D eigenvalue weighted by molar-refractivity contribution is 7.85. The first kappa shape index (κ1) is 21.3. The van der Waals surface area contributed by atoms with Crippen molar-refractivity contribution in [2.24, 2.45) is 10.3 Å². The van der Waals surface area contributed by atoms with Gasteiger partial charge < -0.3 is 12.8 Å². The molecule has 2 aromatic carbocycles. The van der Waals surface area contributed by atoms with Crippen molar-refractivity contribution >= 4 is 31.6 Å². The topological polar surface area (TPSA) is 169 Å².